The molecule has 1 aromatic heterocycles. The van der Waals surface area contributed by atoms with Gasteiger partial charge in [0.05, 0.1) is 17.6 Å². The van der Waals surface area contributed by atoms with Crippen LogP contribution in [0.1, 0.15) is 18.2 Å². The molecule has 0 unspecified atom stereocenters. The van der Waals surface area contributed by atoms with Gasteiger partial charge >= 0.3 is 0 Å². The molecule has 0 aliphatic heterocycles. The molecule has 0 saturated carbocycles. The van der Waals surface area contributed by atoms with Crippen molar-refractivity contribution in [1.82, 2.24) is 4.72 Å². The Hall–Kier alpha value is -1.70. The van der Waals surface area contributed by atoms with Gasteiger partial charge in [-0.2, -0.15) is 0 Å². The zero-order chi connectivity index (χ0) is 16.2. The van der Waals surface area contributed by atoms with Gasteiger partial charge in [0.1, 0.15) is 11.6 Å². The minimum Gasteiger partial charge on any atom is -0.469 e. The van der Waals surface area contributed by atoms with Gasteiger partial charge in [-0.1, -0.05) is 12.1 Å². The minimum atomic E-state index is -3.67. The summed E-state index contributed by atoms with van der Waals surface area (Å²) in [7, 11) is -3.67. The molecular formula is C15H18FNO4S. The summed E-state index contributed by atoms with van der Waals surface area (Å²) in [6.07, 6.45) is 1.67. The van der Waals surface area contributed by atoms with Gasteiger partial charge in [-0.3, -0.25) is 0 Å². The van der Waals surface area contributed by atoms with Crippen molar-refractivity contribution in [3.63, 3.8) is 0 Å². The van der Waals surface area contributed by atoms with Crippen LogP contribution in [0.2, 0.25) is 0 Å². The topological polar surface area (TPSA) is 79.5 Å². The van der Waals surface area contributed by atoms with Crippen molar-refractivity contribution in [2.24, 2.45) is 0 Å². The van der Waals surface area contributed by atoms with Gasteiger partial charge in [0.2, 0.25) is 10.0 Å². The minimum absolute atomic E-state index is 0.161. The number of rotatable bonds is 7. The molecule has 2 rings (SSSR count). The first-order valence-corrected chi connectivity index (χ1v) is 8.38. The van der Waals surface area contributed by atoms with E-state index in [9.17, 15) is 17.9 Å². The molecule has 0 radical (unpaired) electrons. The van der Waals surface area contributed by atoms with Gasteiger partial charge in [0, 0.05) is 13.0 Å². The first-order chi connectivity index (χ1) is 10.3. The molecule has 120 valence electrons. The van der Waals surface area contributed by atoms with Gasteiger partial charge in [-0.05, 0) is 36.8 Å². The molecule has 22 heavy (non-hydrogen) atoms. The highest BCUT2D eigenvalue weighted by Gasteiger charge is 2.25. The quantitative estimate of drug-likeness (QED) is 0.813. The van der Waals surface area contributed by atoms with Gasteiger partial charge in [0.15, 0.2) is 0 Å². The van der Waals surface area contributed by atoms with Crippen LogP contribution in [0.5, 0.6) is 0 Å². The van der Waals surface area contributed by atoms with Crippen molar-refractivity contribution in [1.29, 1.82) is 0 Å². The summed E-state index contributed by atoms with van der Waals surface area (Å²) in [4.78, 5) is 0. The Morgan fingerprint density at radius 2 is 2.09 bits per heavy atom. The van der Waals surface area contributed by atoms with Crippen molar-refractivity contribution in [2.45, 2.75) is 24.7 Å². The molecule has 1 atom stereocenters. The number of furan rings is 1. The summed E-state index contributed by atoms with van der Waals surface area (Å²) in [5.41, 5.74) is -0.939. The average Bonchev–Trinajstić information content (AvgIpc) is 2.88. The molecule has 2 aromatic rings. The molecule has 0 amide bonds. The third-order valence-electron chi connectivity index (χ3n) is 3.05. The summed E-state index contributed by atoms with van der Waals surface area (Å²) in [6, 6.07) is 8.80. The number of aliphatic hydroxyl groups is 1. The van der Waals surface area contributed by atoms with E-state index in [0.717, 1.165) is 0 Å². The highest BCUT2D eigenvalue weighted by Crippen LogP contribution is 2.14. The number of hydrogen-bond acceptors (Lipinski definition) is 4. The van der Waals surface area contributed by atoms with Crippen LogP contribution < -0.4 is 4.72 Å². The van der Waals surface area contributed by atoms with E-state index in [1.54, 1.807) is 12.1 Å². The van der Waals surface area contributed by atoms with Gasteiger partial charge in [-0.15, -0.1) is 0 Å². The number of nitrogens with one attached hydrogen (secondary N) is 1. The molecule has 1 heterocycles. The van der Waals surface area contributed by atoms with Gasteiger partial charge in [-0.25, -0.2) is 17.5 Å². The number of sulfonamides is 1. The fourth-order valence-electron chi connectivity index (χ4n) is 2.01. The third kappa shape index (κ3) is 5.25. The fraction of sp³-hybridized carbons (Fsp3) is 0.333. The average molecular weight is 327 g/mol. The van der Waals surface area contributed by atoms with Crippen molar-refractivity contribution in [2.75, 3.05) is 6.54 Å². The van der Waals surface area contributed by atoms with Gasteiger partial charge in [0.25, 0.3) is 0 Å². The van der Waals surface area contributed by atoms with Crippen molar-refractivity contribution in [3.8, 4) is 0 Å². The Morgan fingerprint density at radius 1 is 1.32 bits per heavy atom. The van der Waals surface area contributed by atoms with Crippen molar-refractivity contribution >= 4 is 10.0 Å². The molecule has 2 N–H and O–H groups in total. The van der Waals surface area contributed by atoms with E-state index < -0.39 is 21.4 Å². The summed E-state index contributed by atoms with van der Waals surface area (Å²) < 4.78 is 44.5. The lowest BCUT2D eigenvalue weighted by Gasteiger charge is -2.22. The second kappa shape index (κ2) is 6.60. The largest absolute Gasteiger partial charge is 0.469 e. The molecule has 5 nitrogen and oxygen atoms in total. The van der Waals surface area contributed by atoms with Gasteiger partial charge < -0.3 is 9.52 Å². The molecular weight excluding hydrogens is 309 g/mol. The van der Waals surface area contributed by atoms with E-state index >= 15 is 0 Å². The molecule has 7 heteroatoms. The van der Waals surface area contributed by atoms with E-state index in [1.807, 2.05) is 0 Å². The predicted octanol–water partition coefficient (Wildman–Crippen LogP) is 1.83. The van der Waals surface area contributed by atoms with E-state index in [1.165, 1.54) is 37.5 Å². The molecule has 0 saturated heterocycles. The standard InChI is InChI=1S/C15H18FNO4S/c1-15(18,9-14-6-3-7-21-14)11-17-22(19,20)10-12-4-2-5-13(16)8-12/h2-8,17-18H,9-11H2,1H3/t15-/m0/s1. The lowest BCUT2D eigenvalue weighted by molar-refractivity contribution is 0.0603. The van der Waals surface area contributed by atoms with E-state index in [4.69, 9.17) is 4.42 Å². The van der Waals surface area contributed by atoms with Crippen LogP contribution in [0.3, 0.4) is 0 Å². The van der Waals surface area contributed by atoms with Crippen LogP contribution in [-0.4, -0.2) is 25.7 Å². The maximum atomic E-state index is 13.1. The lowest BCUT2D eigenvalue weighted by atomic mass is 10.0. The highest BCUT2D eigenvalue weighted by molar-refractivity contribution is 7.88. The maximum Gasteiger partial charge on any atom is 0.215 e. The first-order valence-electron chi connectivity index (χ1n) is 6.72. The van der Waals surface area contributed by atoms with Crippen LogP contribution in [-0.2, 0) is 22.2 Å². The van der Waals surface area contributed by atoms with Crippen LogP contribution in [0.15, 0.2) is 47.1 Å². The molecule has 1 aromatic carbocycles. The fourth-order valence-corrected chi connectivity index (χ4v) is 3.26. The van der Waals surface area contributed by atoms with Crippen molar-refractivity contribution in [3.05, 3.63) is 59.8 Å². The molecule has 0 bridgehead atoms. The zero-order valence-corrected chi connectivity index (χ0v) is 12.9. The van der Waals surface area contributed by atoms with Crippen LogP contribution in [0.4, 0.5) is 4.39 Å². The Labute approximate surface area is 128 Å². The summed E-state index contributed by atoms with van der Waals surface area (Å²) >= 11 is 0. The van der Waals surface area contributed by atoms with E-state index in [2.05, 4.69) is 4.72 Å². The summed E-state index contributed by atoms with van der Waals surface area (Å²) in [6.45, 7) is 1.35. The maximum absolute atomic E-state index is 13.1. The number of benzene rings is 1. The second-order valence-corrected chi connectivity index (χ2v) is 7.27. The third-order valence-corrected chi connectivity index (χ3v) is 4.35. The second-order valence-electron chi connectivity index (χ2n) is 5.46. The Kier molecular flexibility index (Phi) is 5.00. The molecule has 0 fully saturated rings. The Balaban J connectivity index is 1.94. The van der Waals surface area contributed by atoms with E-state index in [-0.39, 0.29) is 18.7 Å². The molecule has 0 aliphatic rings. The molecule has 0 aliphatic carbocycles. The number of halogens is 1. The lowest BCUT2D eigenvalue weighted by Crippen LogP contribution is -2.42. The van der Waals surface area contributed by atoms with Crippen LogP contribution >= 0.6 is 0 Å². The van der Waals surface area contributed by atoms with Crippen LogP contribution in [0.25, 0.3) is 0 Å². The highest BCUT2D eigenvalue weighted by atomic mass is 32.2. The smallest absolute Gasteiger partial charge is 0.215 e. The van der Waals surface area contributed by atoms with E-state index in [0.29, 0.717) is 11.3 Å². The zero-order valence-electron chi connectivity index (χ0n) is 12.1. The summed E-state index contributed by atoms with van der Waals surface area (Å²) in [5, 5.41) is 10.2. The van der Waals surface area contributed by atoms with Crippen LogP contribution in [0, 0.1) is 5.82 Å². The normalized spacial score (nSPS) is 14.7. The monoisotopic (exact) mass is 327 g/mol. The number of hydrogen-bond donors (Lipinski definition) is 2. The predicted molar refractivity (Wildman–Crippen MR) is 80.1 cm³/mol. The van der Waals surface area contributed by atoms with Crippen molar-refractivity contribution < 1.29 is 22.3 Å². The Bertz CT molecular complexity index is 711. The molecule has 0 spiro atoms. The SMILES string of the molecule is C[C@@](O)(CNS(=O)(=O)Cc1cccc(F)c1)Cc1ccco1. The summed E-state index contributed by atoms with van der Waals surface area (Å²) in [5.74, 6) is -0.270. The Morgan fingerprint density at radius 3 is 2.73 bits per heavy atom. The first kappa shape index (κ1) is 16.7.